The summed E-state index contributed by atoms with van der Waals surface area (Å²) in [5.74, 6) is -1.45. The summed E-state index contributed by atoms with van der Waals surface area (Å²) in [5, 5.41) is 13.8. The molecule has 7 nitrogen and oxygen atoms in total. The summed E-state index contributed by atoms with van der Waals surface area (Å²) in [7, 11) is 0. The lowest BCUT2D eigenvalue weighted by molar-refractivity contribution is -0.117. The van der Waals surface area contributed by atoms with Gasteiger partial charge in [-0.2, -0.15) is 10.2 Å². The van der Waals surface area contributed by atoms with Crippen molar-refractivity contribution in [3.05, 3.63) is 59.6 Å². The fourth-order valence-electron chi connectivity index (χ4n) is 2.78. The summed E-state index contributed by atoms with van der Waals surface area (Å²) < 4.78 is 33.2. The van der Waals surface area contributed by atoms with Gasteiger partial charge < -0.3 is 10.1 Å². The minimum absolute atomic E-state index is 0.242. The van der Waals surface area contributed by atoms with Crippen molar-refractivity contribution in [1.29, 1.82) is 0 Å². The Morgan fingerprint density at radius 3 is 2.70 bits per heavy atom. The van der Waals surface area contributed by atoms with Gasteiger partial charge in [0.05, 0.1) is 31.0 Å². The second kappa shape index (κ2) is 6.92. The Hall–Kier alpha value is -3.07. The van der Waals surface area contributed by atoms with Crippen molar-refractivity contribution >= 4 is 11.7 Å². The molecule has 1 saturated heterocycles. The predicted octanol–water partition coefficient (Wildman–Crippen LogP) is 2.73. The van der Waals surface area contributed by atoms with Crippen molar-refractivity contribution < 1.29 is 18.3 Å². The molecule has 1 amide bonds. The Labute approximate surface area is 153 Å². The van der Waals surface area contributed by atoms with E-state index >= 15 is 0 Å². The molecule has 0 aliphatic carbocycles. The topological polar surface area (TPSA) is 84.8 Å². The van der Waals surface area contributed by atoms with Crippen LogP contribution in [0.3, 0.4) is 0 Å². The number of H-pyrrole nitrogens is 1. The molecule has 0 radical (unpaired) electrons. The second-order valence-electron chi connectivity index (χ2n) is 6.50. The Balaban J connectivity index is 1.46. The van der Waals surface area contributed by atoms with Gasteiger partial charge in [-0.25, -0.2) is 13.5 Å². The molecule has 3 aromatic rings. The third kappa shape index (κ3) is 3.59. The molecule has 1 atom stereocenters. The van der Waals surface area contributed by atoms with Gasteiger partial charge >= 0.3 is 0 Å². The van der Waals surface area contributed by atoms with Gasteiger partial charge in [-0.1, -0.05) is 0 Å². The molecule has 9 heteroatoms. The largest absolute Gasteiger partial charge is 0.380 e. The lowest BCUT2D eigenvalue weighted by atomic mass is 10.0. The summed E-state index contributed by atoms with van der Waals surface area (Å²) in [6, 6.07) is 4.91. The quantitative estimate of drug-likeness (QED) is 0.720. The molecule has 1 aromatic carbocycles. The third-order valence-corrected chi connectivity index (χ3v) is 4.53. The van der Waals surface area contributed by atoms with Crippen LogP contribution in [0.4, 0.5) is 14.6 Å². The molecule has 2 aromatic heterocycles. The normalized spacial score (nSPS) is 15.4. The number of amides is 1. The zero-order valence-electron chi connectivity index (χ0n) is 14.4. The van der Waals surface area contributed by atoms with Crippen LogP contribution in [0.1, 0.15) is 30.0 Å². The van der Waals surface area contributed by atoms with Crippen LogP contribution in [0, 0.1) is 11.6 Å². The molecule has 3 heterocycles. The van der Waals surface area contributed by atoms with Gasteiger partial charge in [0.25, 0.3) is 0 Å². The van der Waals surface area contributed by atoms with E-state index < -0.39 is 17.6 Å². The first-order valence-corrected chi connectivity index (χ1v) is 8.44. The number of aromatic nitrogens is 4. The average molecular weight is 373 g/mol. The Kier molecular flexibility index (Phi) is 4.44. The lowest BCUT2D eigenvalue weighted by Gasteiger charge is -2.24. The van der Waals surface area contributed by atoms with Crippen LogP contribution in [0.5, 0.6) is 0 Å². The first-order valence-electron chi connectivity index (χ1n) is 8.44. The standard InChI is InChI=1S/C18H17F2N5O2/c1-10(18(26)22-17-5-16(23-24-17)12-8-27-9-12)11-6-21-25(7-11)15-3-13(19)2-14(20)4-15/h2-7,10,12H,8-9H2,1H3,(H2,22,23,24,26)/t10-/m0/s1. The Bertz CT molecular complexity index is 960. The minimum Gasteiger partial charge on any atom is -0.380 e. The fourth-order valence-corrected chi connectivity index (χ4v) is 2.78. The van der Waals surface area contributed by atoms with Gasteiger partial charge in [0.15, 0.2) is 5.82 Å². The van der Waals surface area contributed by atoms with Gasteiger partial charge in [0.2, 0.25) is 5.91 Å². The number of anilines is 1. The number of nitrogens with zero attached hydrogens (tertiary/aromatic N) is 3. The van der Waals surface area contributed by atoms with E-state index in [2.05, 4.69) is 20.6 Å². The van der Waals surface area contributed by atoms with Gasteiger partial charge in [-0.05, 0) is 19.1 Å². The molecule has 1 fully saturated rings. The van der Waals surface area contributed by atoms with Crippen molar-refractivity contribution in [1.82, 2.24) is 20.0 Å². The summed E-state index contributed by atoms with van der Waals surface area (Å²) in [5.41, 5.74) is 1.77. The molecule has 2 N–H and O–H groups in total. The van der Waals surface area contributed by atoms with E-state index in [0.29, 0.717) is 24.6 Å². The minimum atomic E-state index is -0.695. The van der Waals surface area contributed by atoms with Crippen molar-refractivity contribution in [2.24, 2.45) is 0 Å². The van der Waals surface area contributed by atoms with E-state index in [9.17, 15) is 13.6 Å². The van der Waals surface area contributed by atoms with E-state index in [1.54, 1.807) is 19.2 Å². The third-order valence-electron chi connectivity index (χ3n) is 4.53. The molecule has 27 heavy (non-hydrogen) atoms. The summed E-state index contributed by atoms with van der Waals surface area (Å²) >= 11 is 0. The number of carbonyl (C=O) groups is 1. The van der Waals surface area contributed by atoms with E-state index in [-0.39, 0.29) is 17.5 Å². The maximum atomic E-state index is 13.4. The highest BCUT2D eigenvalue weighted by atomic mass is 19.1. The highest BCUT2D eigenvalue weighted by Gasteiger charge is 2.24. The number of ether oxygens (including phenoxy) is 1. The van der Waals surface area contributed by atoms with Gasteiger partial charge in [0.1, 0.15) is 11.6 Å². The fraction of sp³-hybridized carbons (Fsp3) is 0.278. The second-order valence-corrected chi connectivity index (χ2v) is 6.50. The number of aromatic amines is 1. The van der Waals surface area contributed by atoms with Gasteiger partial charge in [-0.15, -0.1) is 0 Å². The van der Waals surface area contributed by atoms with Crippen LogP contribution in [0.25, 0.3) is 5.69 Å². The molecule has 1 aliphatic rings. The average Bonchev–Trinajstić information content (AvgIpc) is 3.21. The van der Waals surface area contributed by atoms with Crippen LogP contribution in [-0.4, -0.2) is 39.1 Å². The number of benzene rings is 1. The van der Waals surface area contributed by atoms with Crippen LogP contribution in [-0.2, 0) is 9.53 Å². The maximum Gasteiger partial charge on any atom is 0.232 e. The lowest BCUT2D eigenvalue weighted by Crippen LogP contribution is -2.25. The van der Waals surface area contributed by atoms with E-state index in [4.69, 9.17) is 4.74 Å². The van der Waals surface area contributed by atoms with Gasteiger partial charge in [0, 0.05) is 35.5 Å². The Morgan fingerprint density at radius 2 is 2.04 bits per heavy atom. The number of carbonyl (C=O) groups excluding carboxylic acids is 1. The number of hydrogen-bond acceptors (Lipinski definition) is 4. The van der Waals surface area contributed by atoms with Gasteiger partial charge in [-0.3, -0.25) is 9.89 Å². The van der Waals surface area contributed by atoms with Crippen LogP contribution >= 0.6 is 0 Å². The number of nitrogens with one attached hydrogen (secondary N) is 2. The predicted molar refractivity (Wildman–Crippen MR) is 92.7 cm³/mol. The van der Waals surface area contributed by atoms with E-state index in [1.165, 1.54) is 23.0 Å². The molecule has 0 saturated carbocycles. The molecule has 0 spiro atoms. The number of hydrogen-bond donors (Lipinski definition) is 2. The summed E-state index contributed by atoms with van der Waals surface area (Å²) in [6.07, 6.45) is 3.06. The monoisotopic (exact) mass is 373 g/mol. The molecular formula is C18H17F2N5O2. The molecule has 140 valence electrons. The molecular weight excluding hydrogens is 356 g/mol. The van der Waals surface area contributed by atoms with E-state index in [1.807, 2.05) is 0 Å². The summed E-state index contributed by atoms with van der Waals surface area (Å²) in [6.45, 7) is 3.01. The highest BCUT2D eigenvalue weighted by Crippen LogP contribution is 2.25. The van der Waals surface area contributed by atoms with Crippen molar-refractivity contribution in [3.63, 3.8) is 0 Å². The zero-order chi connectivity index (χ0) is 19.0. The molecule has 0 unspecified atom stereocenters. The smallest absolute Gasteiger partial charge is 0.232 e. The molecule has 0 bridgehead atoms. The maximum absolute atomic E-state index is 13.4. The van der Waals surface area contributed by atoms with Crippen LogP contribution in [0.2, 0.25) is 0 Å². The Morgan fingerprint density at radius 1 is 1.30 bits per heavy atom. The number of rotatable bonds is 5. The molecule has 4 rings (SSSR count). The highest BCUT2D eigenvalue weighted by molar-refractivity contribution is 5.94. The van der Waals surface area contributed by atoms with Crippen molar-refractivity contribution in [3.8, 4) is 5.69 Å². The van der Waals surface area contributed by atoms with Crippen LogP contribution in [0.15, 0.2) is 36.7 Å². The summed E-state index contributed by atoms with van der Waals surface area (Å²) in [4.78, 5) is 12.5. The number of halogens is 2. The first kappa shape index (κ1) is 17.3. The first-order chi connectivity index (χ1) is 13.0. The van der Waals surface area contributed by atoms with Crippen molar-refractivity contribution in [2.75, 3.05) is 18.5 Å². The molecule has 1 aliphatic heterocycles. The van der Waals surface area contributed by atoms with E-state index in [0.717, 1.165) is 11.8 Å². The van der Waals surface area contributed by atoms with Crippen LogP contribution < -0.4 is 5.32 Å². The zero-order valence-corrected chi connectivity index (χ0v) is 14.4. The SMILES string of the molecule is C[C@H](C(=O)Nc1cc(C2COC2)[nH]n1)c1cnn(-c2cc(F)cc(F)c2)c1. The van der Waals surface area contributed by atoms with Crippen molar-refractivity contribution in [2.45, 2.75) is 18.8 Å².